The first-order valence-corrected chi connectivity index (χ1v) is 10.3. The highest BCUT2D eigenvalue weighted by Crippen LogP contribution is 2.35. The van der Waals surface area contributed by atoms with Crippen LogP contribution in [0.5, 0.6) is 0 Å². The highest BCUT2D eigenvalue weighted by molar-refractivity contribution is 7.99. The Labute approximate surface area is 183 Å². The predicted octanol–water partition coefficient (Wildman–Crippen LogP) is 4.78. The number of carbonyl (C=O) groups is 2. The Morgan fingerprint density at radius 3 is 2.32 bits per heavy atom. The maximum absolute atomic E-state index is 12.3. The van der Waals surface area contributed by atoms with Gasteiger partial charge in [0.25, 0.3) is 11.6 Å². The number of esters is 1. The maximum atomic E-state index is 12.3. The van der Waals surface area contributed by atoms with Gasteiger partial charge in [-0.05, 0) is 36.8 Å². The molecule has 0 saturated carbocycles. The quantitative estimate of drug-likeness (QED) is 0.310. The molecule has 0 aliphatic heterocycles. The monoisotopic (exact) mass is 436 g/mol. The van der Waals surface area contributed by atoms with Gasteiger partial charge in [-0.2, -0.15) is 0 Å². The summed E-state index contributed by atoms with van der Waals surface area (Å²) in [5.41, 5.74) is 0.725. The van der Waals surface area contributed by atoms with E-state index in [0.29, 0.717) is 4.90 Å². The predicted molar refractivity (Wildman–Crippen MR) is 117 cm³/mol. The summed E-state index contributed by atoms with van der Waals surface area (Å²) in [7, 11) is 0. The van der Waals surface area contributed by atoms with Crippen molar-refractivity contribution in [1.29, 1.82) is 0 Å². The van der Waals surface area contributed by atoms with Gasteiger partial charge in [0.1, 0.15) is 0 Å². The van der Waals surface area contributed by atoms with Gasteiger partial charge in [-0.1, -0.05) is 60.3 Å². The molecular weight excluding hydrogens is 416 g/mol. The normalized spacial score (nSPS) is 11.4. The standard InChI is InChI=1S/C23H20N2O5S/c1-16(17-8-4-2-5-9-17)24-22(26)15-30-23(27)18-12-13-21(20(14-18)25(28)29)31-19-10-6-3-7-11-19/h2-14,16H,15H2,1H3,(H,24,26)/t16-/m0/s1. The third-order valence-corrected chi connectivity index (χ3v) is 5.45. The molecule has 1 atom stereocenters. The Kier molecular flexibility index (Phi) is 7.40. The minimum atomic E-state index is -0.804. The summed E-state index contributed by atoms with van der Waals surface area (Å²) < 4.78 is 5.04. The first-order valence-electron chi connectivity index (χ1n) is 9.47. The molecule has 0 aliphatic rings. The van der Waals surface area contributed by atoms with E-state index in [0.717, 1.165) is 16.5 Å². The Morgan fingerprint density at radius 1 is 1.03 bits per heavy atom. The minimum Gasteiger partial charge on any atom is -0.452 e. The lowest BCUT2D eigenvalue weighted by Gasteiger charge is -2.14. The van der Waals surface area contributed by atoms with Crippen LogP contribution in [0.3, 0.4) is 0 Å². The summed E-state index contributed by atoms with van der Waals surface area (Å²) in [6.07, 6.45) is 0. The molecule has 3 aromatic carbocycles. The fourth-order valence-electron chi connectivity index (χ4n) is 2.81. The molecule has 0 fully saturated rings. The van der Waals surface area contributed by atoms with Crippen molar-refractivity contribution in [2.45, 2.75) is 22.8 Å². The number of carbonyl (C=O) groups excluding carboxylic acids is 2. The second-order valence-electron chi connectivity index (χ2n) is 6.63. The minimum absolute atomic E-state index is 0.00743. The summed E-state index contributed by atoms with van der Waals surface area (Å²) in [6.45, 7) is 1.34. The second kappa shape index (κ2) is 10.4. The average molecular weight is 436 g/mol. The van der Waals surface area contributed by atoms with Gasteiger partial charge in [-0.15, -0.1) is 0 Å². The van der Waals surface area contributed by atoms with Gasteiger partial charge in [0.05, 0.1) is 21.4 Å². The van der Waals surface area contributed by atoms with Crippen LogP contribution >= 0.6 is 11.8 Å². The zero-order chi connectivity index (χ0) is 22.2. The lowest BCUT2D eigenvalue weighted by molar-refractivity contribution is -0.387. The Morgan fingerprint density at radius 2 is 1.68 bits per heavy atom. The van der Waals surface area contributed by atoms with Gasteiger partial charge in [0.2, 0.25) is 0 Å². The lowest BCUT2D eigenvalue weighted by Crippen LogP contribution is -2.31. The van der Waals surface area contributed by atoms with Gasteiger partial charge in [0, 0.05) is 11.0 Å². The van der Waals surface area contributed by atoms with Crippen LogP contribution in [0.15, 0.2) is 88.7 Å². The molecule has 0 aliphatic carbocycles. The van der Waals surface area contributed by atoms with Crippen molar-refractivity contribution in [3.05, 3.63) is 100 Å². The number of ether oxygens (including phenoxy) is 1. The van der Waals surface area contributed by atoms with E-state index in [-0.39, 0.29) is 17.3 Å². The van der Waals surface area contributed by atoms with Crippen LogP contribution in [-0.2, 0) is 9.53 Å². The van der Waals surface area contributed by atoms with Crippen molar-refractivity contribution < 1.29 is 19.2 Å². The molecule has 0 radical (unpaired) electrons. The van der Waals surface area contributed by atoms with Crippen LogP contribution in [0.25, 0.3) is 0 Å². The third kappa shape index (κ3) is 6.16. The van der Waals surface area contributed by atoms with Crippen molar-refractivity contribution >= 4 is 29.3 Å². The smallest absolute Gasteiger partial charge is 0.338 e. The zero-order valence-electron chi connectivity index (χ0n) is 16.7. The highest BCUT2D eigenvalue weighted by Gasteiger charge is 2.20. The van der Waals surface area contributed by atoms with Gasteiger partial charge in [-0.25, -0.2) is 4.79 Å². The summed E-state index contributed by atoms with van der Waals surface area (Å²) >= 11 is 1.23. The Balaban J connectivity index is 1.62. The number of nitrogens with one attached hydrogen (secondary N) is 1. The number of amides is 1. The van der Waals surface area contributed by atoms with Gasteiger partial charge in [-0.3, -0.25) is 14.9 Å². The zero-order valence-corrected chi connectivity index (χ0v) is 17.5. The van der Waals surface area contributed by atoms with Crippen molar-refractivity contribution in [2.75, 3.05) is 6.61 Å². The number of nitro groups is 1. The molecule has 0 heterocycles. The van der Waals surface area contributed by atoms with E-state index in [4.69, 9.17) is 4.74 Å². The lowest BCUT2D eigenvalue weighted by atomic mass is 10.1. The molecule has 31 heavy (non-hydrogen) atoms. The van der Waals surface area contributed by atoms with Gasteiger partial charge in [0.15, 0.2) is 6.61 Å². The molecule has 1 amide bonds. The van der Waals surface area contributed by atoms with Gasteiger partial charge < -0.3 is 10.1 Å². The molecule has 0 spiro atoms. The number of nitrogens with zero attached hydrogens (tertiary/aromatic N) is 1. The first-order chi connectivity index (χ1) is 14.9. The van der Waals surface area contributed by atoms with Gasteiger partial charge >= 0.3 is 5.97 Å². The fourth-order valence-corrected chi connectivity index (χ4v) is 3.73. The summed E-state index contributed by atoms with van der Waals surface area (Å²) in [4.78, 5) is 36.6. The van der Waals surface area contributed by atoms with E-state index >= 15 is 0 Å². The van der Waals surface area contributed by atoms with Crippen molar-refractivity contribution in [2.24, 2.45) is 0 Å². The van der Waals surface area contributed by atoms with E-state index in [1.165, 1.54) is 23.9 Å². The van der Waals surface area contributed by atoms with E-state index < -0.39 is 23.4 Å². The number of nitro benzene ring substituents is 1. The van der Waals surface area contributed by atoms with Crippen molar-refractivity contribution in [1.82, 2.24) is 5.32 Å². The molecule has 3 rings (SSSR count). The van der Waals surface area contributed by atoms with Crippen molar-refractivity contribution in [3.8, 4) is 0 Å². The molecule has 1 N–H and O–H groups in total. The number of hydrogen-bond donors (Lipinski definition) is 1. The van der Waals surface area contributed by atoms with Crippen LogP contribution in [-0.4, -0.2) is 23.4 Å². The molecule has 7 nitrogen and oxygen atoms in total. The average Bonchev–Trinajstić information content (AvgIpc) is 2.78. The van der Waals surface area contributed by atoms with Crippen LogP contribution in [0.2, 0.25) is 0 Å². The summed E-state index contributed by atoms with van der Waals surface area (Å²) in [5, 5.41) is 14.2. The Hall–Kier alpha value is -3.65. The molecule has 0 aromatic heterocycles. The van der Waals surface area contributed by atoms with E-state index in [9.17, 15) is 19.7 Å². The molecular formula is C23H20N2O5S. The Bertz CT molecular complexity index is 1070. The number of benzene rings is 3. The summed E-state index contributed by atoms with van der Waals surface area (Å²) in [5.74, 6) is -1.27. The largest absolute Gasteiger partial charge is 0.452 e. The number of hydrogen-bond acceptors (Lipinski definition) is 6. The third-order valence-electron chi connectivity index (χ3n) is 4.37. The SMILES string of the molecule is C[C@H](NC(=O)COC(=O)c1ccc(Sc2ccccc2)c([N+](=O)[O-])c1)c1ccccc1. The molecule has 8 heteroatoms. The second-order valence-corrected chi connectivity index (χ2v) is 7.75. The van der Waals surface area contributed by atoms with Crippen LogP contribution in [0, 0.1) is 10.1 Å². The summed E-state index contributed by atoms with van der Waals surface area (Å²) in [6, 6.07) is 22.4. The van der Waals surface area contributed by atoms with E-state index in [1.54, 1.807) is 0 Å². The van der Waals surface area contributed by atoms with E-state index in [1.807, 2.05) is 67.6 Å². The fraction of sp³-hybridized carbons (Fsp3) is 0.130. The van der Waals surface area contributed by atoms with Crippen molar-refractivity contribution in [3.63, 3.8) is 0 Å². The molecule has 0 bridgehead atoms. The maximum Gasteiger partial charge on any atom is 0.338 e. The molecule has 0 saturated heterocycles. The molecule has 3 aromatic rings. The molecule has 0 unspecified atom stereocenters. The van der Waals surface area contributed by atoms with Crippen LogP contribution in [0.1, 0.15) is 28.9 Å². The van der Waals surface area contributed by atoms with E-state index in [2.05, 4.69) is 5.32 Å². The topological polar surface area (TPSA) is 98.5 Å². The molecule has 158 valence electrons. The van der Waals surface area contributed by atoms with Crippen LogP contribution < -0.4 is 5.32 Å². The number of rotatable bonds is 8. The first kappa shape index (κ1) is 22.0. The van der Waals surface area contributed by atoms with Crippen LogP contribution in [0.4, 0.5) is 5.69 Å². The highest BCUT2D eigenvalue weighted by atomic mass is 32.2.